The summed E-state index contributed by atoms with van der Waals surface area (Å²) in [7, 11) is 1.47. The van der Waals surface area contributed by atoms with Crippen molar-refractivity contribution in [1.29, 1.82) is 0 Å². The molecule has 27 heavy (non-hydrogen) atoms. The molecule has 7 heteroatoms. The maximum atomic E-state index is 14.0. The van der Waals surface area contributed by atoms with Crippen LogP contribution >= 0.6 is 0 Å². The Kier molecular flexibility index (Phi) is 5.14. The maximum Gasteiger partial charge on any atom is 0.167 e. The van der Waals surface area contributed by atoms with Gasteiger partial charge in [-0.1, -0.05) is 0 Å². The number of halogens is 1. The molecule has 2 heterocycles. The van der Waals surface area contributed by atoms with Gasteiger partial charge in [-0.05, 0) is 38.7 Å². The zero-order chi connectivity index (χ0) is 18.9. The van der Waals surface area contributed by atoms with Gasteiger partial charge in [-0.3, -0.25) is 4.90 Å². The number of aromatic nitrogens is 2. The van der Waals surface area contributed by atoms with Crippen LogP contribution in [0.4, 0.5) is 10.2 Å². The average molecular weight is 374 g/mol. The lowest BCUT2D eigenvalue weighted by molar-refractivity contribution is 0.00490. The SMILES string of the molecule is COc1cc2c(NC3(C)CCC(N4CCOCC4)CC3)ncnc2cc1F. The molecule has 0 radical (unpaired) electrons. The Labute approximate surface area is 159 Å². The highest BCUT2D eigenvalue weighted by Gasteiger charge is 2.34. The van der Waals surface area contributed by atoms with Gasteiger partial charge in [-0.25, -0.2) is 14.4 Å². The minimum Gasteiger partial charge on any atom is -0.494 e. The number of hydrogen-bond acceptors (Lipinski definition) is 6. The molecule has 1 aliphatic carbocycles. The van der Waals surface area contributed by atoms with Gasteiger partial charge in [-0.15, -0.1) is 0 Å². The minimum absolute atomic E-state index is 0.0360. The highest BCUT2D eigenvalue weighted by atomic mass is 19.1. The zero-order valence-corrected chi connectivity index (χ0v) is 16.0. The van der Waals surface area contributed by atoms with Crippen LogP contribution < -0.4 is 10.1 Å². The third-order valence-corrected chi connectivity index (χ3v) is 5.95. The second kappa shape index (κ2) is 7.56. The van der Waals surface area contributed by atoms with E-state index in [0.717, 1.165) is 63.2 Å². The van der Waals surface area contributed by atoms with Crippen LogP contribution in [0.1, 0.15) is 32.6 Å². The maximum absolute atomic E-state index is 14.0. The monoisotopic (exact) mass is 374 g/mol. The first-order valence-corrected chi connectivity index (χ1v) is 9.66. The summed E-state index contributed by atoms with van der Waals surface area (Å²) in [4.78, 5) is 11.2. The topological polar surface area (TPSA) is 59.5 Å². The summed E-state index contributed by atoms with van der Waals surface area (Å²) in [6.45, 7) is 6.01. The number of methoxy groups -OCH3 is 1. The number of benzene rings is 1. The van der Waals surface area contributed by atoms with E-state index in [4.69, 9.17) is 9.47 Å². The fourth-order valence-corrected chi connectivity index (χ4v) is 4.27. The van der Waals surface area contributed by atoms with Crippen molar-refractivity contribution in [1.82, 2.24) is 14.9 Å². The third-order valence-electron chi connectivity index (χ3n) is 5.95. The van der Waals surface area contributed by atoms with Crippen molar-refractivity contribution < 1.29 is 13.9 Å². The highest BCUT2D eigenvalue weighted by Crippen LogP contribution is 2.35. The molecule has 1 aliphatic heterocycles. The molecule has 2 fully saturated rings. The van der Waals surface area contributed by atoms with Gasteiger partial charge < -0.3 is 14.8 Å². The Balaban J connectivity index is 1.50. The summed E-state index contributed by atoms with van der Waals surface area (Å²) in [5.74, 6) is 0.541. The van der Waals surface area contributed by atoms with Crippen LogP contribution in [0, 0.1) is 5.82 Å². The lowest BCUT2D eigenvalue weighted by atomic mass is 9.80. The fourth-order valence-electron chi connectivity index (χ4n) is 4.27. The predicted octanol–water partition coefficient (Wildman–Crippen LogP) is 3.22. The van der Waals surface area contributed by atoms with E-state index < -0.39 is 5.82 Å². The Hall–Kier alpha value is -1.99. The van der Waals surface area contributed by atoms with Crippen LogP contribution in [-0.4, -0.2) is 59.9 Å². The lowest BCUT2D eigenvalue weighted by Gasteiger charge is -2.43. The second-order valence-corrected chi connectivity index (χ2v) is 7.79. The van der Waals surface area contributed by atoms with Gasteiger partial charge in [0.2, 0.25) is 0 Å². The van der Waals surface area contributed by atoms with Crippen LogP contribution in [0.5, 0.6) is 5.75 Å². The first kappa shape index (κ1) is 18.4. The van der Waals surface area contributed by atoms with Crippen molar-refractivity contribution in [2.75, 3.05) is 38.7 Å². The van der Waals surface area contributed by atoms with Crippen molar-refractivity contribution in [3.8, 4) is 5.75 Å². The molecule has 146 valence electrons. The first-order valence-electron chi connectivity index (χ1n) is 9.66. The Morgan fingerprint density at radius 3 is 2.67 bits per heavy atom. The van der Waals surface area contributed by atoms with Crippen LogP contribution in [0.2, 0.25) is 0 Å². The molecule has 0 unspecified atom stereocenters. The smallest absolute Gasteiger partial charge is 0.167 e. The van der Waals surface area contributed by atoms with Crippen molar-refractivity contribution >= 4 is 16.7 Å². The summed E-state index contributed by atoms with van der Waals surface area (Å²) in [5, 5.41) is 4.41. The largest absolute Gasteiger partial charge is 0.494 e. The fraction of sp³-hybridized carbons (Fsp3) is 0.600. The van der Waals surface area contributed by atoms with Crippen LogP contribution in [0.15, 0.2) is 18.5 Å². The normalized spacial score (nSPS) is 26.9. The lowest BCUT2D eigenvalue weighted by Crippen LogP contribution is -2.49. The van der Waals surface area contributed by atoms with Crippen LogP contribution in [0.3, 0.4) is 0 Å². The molecule has 1 aromatic carbocycles. The molecule has 0 atom stereocenters. The van der Waals surface area contributed by atoms with E-state index in [-0.39, 0.29) is 11.3 Å². The number of nitrogens with zero attached hydrogens (tertiary/aromatic N) is 3. The second-order valence-electron chi connectivity index (χ2n) is 7.79. The van der Waals surface area contributed by atoms with Crippen molar-refractivity contribution in [3.63, 3.8) is 0 Å². The zero-order valence-electron chi connectivity index (χ0n) is 16.0. The first-order chi connectivity index (χ1) is 13.1. The molecule has 2 aliphatic rings. The molecule has 0 amide bonds. The summed E-state index contributed by atoms with van der Waals surface area (Å²) in [6, 6.07) is 3.72. The quantitative estimate of drug-likeness (QED) is 0.887. The number of morpholine rings is 1. The number of rotatable bonds is 4. The van der Waals surface area contributed by atoms with Crippen molar-refractivity contribution in [3.05, 3.63) is 24.3 Å². The standard InChI is InChI=1S/C20H27FN4O2/c1-20(5-3-14(4-6-20)25-7-9-27-10-8-25)24-19-15-11-18(26-2)16(21)12-17(15)22-13-23-19/h11-14H,3-10H2,1-2H3,(H,22,23,24). The summed E-state index contributed by atoms with van der Waals surface area (Å²) >= 11 is 0. The molecule has 1 N–H and O–H groups in total. The number of fused-ring (bicyclic) bond motifs is 1. The van der Waals surface area contributed by atoms with Gasteiger partial charge >= 0.3 is 0 Å². The summed E-state index contributed by atoms with van der Waals surface area (Å²) in [6.07, 6.45) is 5.94. The molecule has 0 spiro atoms. The Morgan fingerprint density at radius 2 is 1.96 bits per heavy atom. The molecule has 1 aromatic heterocycles. The molecular formula is C20H27FN4O2. The molecular weight excluding hydrogens is 347 g/mol. The van der Waals surface area contributed by atoms with E-state index in [0.29, 0.717) is 11.6 Å². The molecule has 4 rings (SSSR count). The van der Waals surface area contributed by atoms with Gasteiger partial charge in [0, 0.05) is 36.1 Å². The van der Waals surface area contributed by atoms with Gasteiger partial charge in [-0.2, -0.15) is 0 Å². The summed E-state index contributed by atoms with van der Waals surface area (Å²) in [5.41, 5.74) is 0.544. The van der Waals surface area contributed by atoms with E-state index in [2.05, 4.69) is 27.1 Å². The van der Waals surface area contributed by atoms with E-state index in [9.17, 15) is 4.39 Å². The molecule has 1 saturated heterocycles. The van der Waals surface area contributed by atoms with Gasteiger partial charge in [0.05, 0.1) is 25.8 Å². The number of nitrogens with one attached hydrogen (secondary N) is 1. The van der Waals surface area contributed by atoms with Gasteiger partial charge in [0.1, 0.15) is 12.1 Å². The Bertz CT molecular complexity index is 802. The van der Waals surface area contributed by atoms with E-state index in [1.54, 1.807) is 6.07 Å². The predicted molar refractivity (Wildman–Crippen MR) is 103 cm³/mol. The average Bonchev–Trinajstić information content (AvgIpc) is 2.69. The van der Waals surface area contributed by atoms with E-state index in [1.807, 2.05) is 0 Å². The van der Waals surface area contributed by atoms with Gasteiger partial charge in [0.25, 0.3) is 0 Å². The van der Waals surface area contributed by atoms with E-state index in [1.165, 1.54) is 19.5 Å². The van der Waals surface area contributed by atoms with E-state index >= 15 is 0 Å². The van der Waals surface area contributed by atoms with Crippen molar-refractivity contribution in [2.24, 2.45) is 0 Å². The molecule has 6 nitrogen and oxygen atoms in total. The summed E-state index contributed by atoms with van der Waals surface area (Å²) < 4.78 is 24.6. The minimum atomic E-state index is -0.410. The molecule has 1 saturated carbocycles. The third kappa shape index (κ3) is 3.84. The number of ether oxygens (including phenoxy) is 2. The highest BCUT2D eigenvalue weighted by molar-refractivity contribution is 5.90. The van der Waals surface area contributed by atoms with Crippen LogP contribution in [0.25, 0.3) is 10.9 Å². The van der Waals surface area contributed by atoms with Gasteiger partial charge in [0.15, 0.2) is 11.6 Å². The Morgan fingerprint density at radius 1 is 1.22 bits per heavy atom. The molecule has 0 bridgehead atoms. The van der Waals surface area contributed by atoms with Crippen LogP contribution in [-0.2, 0) is 4.74 Å². The number of anilines is 1. The number of hydrogen-bond donors (Lipinski definition) is 1. The molecule has 2 aromatic rings. The van der Waals surface area contributed by atoms with Crippen molar-refractivity contribution in [2.45, 2.75) is 44.2 Å².